The van der Waals surface area contributed by atoms with Crippen molar-refractivity contribution in [1.29, 1.82) is 0 Å². The first kappa shape index (κ1) is 12.6. The van der Waals surface area contributed by atoms with Crippen molar-refractivity contribution in [2.24, 2.45) is 5.92 Å². The summed E-state index contributed by atoms with van der Waals surface area (Å²) in [6, 6.07) is 5.13. The van der Waals surface area contributed by atoms with Gasteiger partial charge in [0.05, 0.1) is 12.2 Å². The fourth-order valence-electron chi connectivity index (χ4n) is 1.42. The van der Waals surface area contributed by atoms with E-state index in [2.05, 4.69) is 13.8 Å². The van der Waals surface area contributed by atoms with Crippen molar-refractivity contribution >= 4 is 5.97 Å². The molecule has 0 aliphatic carbocycles. The van der Waals surface area contributed by atoms with Crippen LogP contribution in [0.25, 0.3) is 0 Å². The second-order valence-electron chi connectivity index (χ2n) is 4.18. The summed E-state index contributed by atoms with van der Waals surface area (Å²) < 4.78 is 5.55. The molecule has 0 unspecified atom stereocenters. The van der Waals surface area contributed by atoms with Crippen LogP contribution in [-0.4, -0.2) is 17.7 Å². The van der Waals surface area contributed by atoms with E-state index in [-0.39, 0.29) is 0 Å². The second-order valence-corrected chi connectivity index (χ2v) is 4.18. The monoisotopic (exact) mass is 222 g/mol. The number of hydrogen-bond donors (Lipinski definition) is 1. The third kappa shape index (κ3) is 3.26. The topological polar surface area (TPSA) is 46.5 Å². The third-order valence-electron chi connectivity index (χ3n) is 2.27. The van der Waals surface area contributed by atoms with Crippen LogP contribution >= 0.6 is 0 Å². The molecule has 88 valence electrons. The van der Waals surface area contributed by atoms with Crippen LogP contribution in [0, 0.1) is 5.92 Å². The van der Waals surface area contributed by atoms with Gasteiger partial charge in [-0.05, 0) is 36.1 Å². The molecule has 0 aliphatic rings. The number of rotatable bonds is 5. The van der Waals surface area contributed by atoms with E-state index in [1.807, 2.05) is 13.0 Å². The van der Waals surface area contributed by atoms with Crippen molar-refractivity contribution in [3.63, 3.8) is 0 Å². The summed E-state index contributed by atoms with van der Waals surface area (Å²) in [5.41, 5.74) is 1.17. The summed E-state index contributed by atoms with van der Waals surface area (Å²) in [5, 5.41) is 8.96. The molecular formula is C13H18O3. The summed E-state index contributed by atoms with van der Waals surface area (Å²) >= 11 is 0. The van der Waals surface area contributed by atoms with E-state index in [9.17, 15) is 4.79 Å². The van der Waals surface area contributed by atoms with Crippen LogP contribution in [-0.2, 0) is 6.42 Å². The van der Waals surface area contributed by atoms with Crippen LogP contribution in [0.4, 0.5) is 0 Å². The summed E-state index contributed by atoms with van der Waals surface area (Å²) in [5.74, 6) is 0.326. The smallest absolute Gasteiger partial charge is 0.335 e. The Morgan fingerprint density at radius 1 is 1.44 bits per heavy atom. The Morgan fingerprint density at radius 3 is 2.62 bits per heavy atom. The molecule has 0 atom stereocenters. The summed E-state index contributed by atoms with van der Waals surface area (Å²) in [6.07, 6.45) is 0.695. The number of carboxylic acid groups (broad SMARTS) is 1. The molecule has 1 aromatic rings. The predicted octanol–water partition coefficient (Wildman–Crippen LogP) is 2.98. The standard InChI is InChI=1S/C13H18O3/c1-4-10-7-11(16-8-9(2)3)5-6-12(10)13(14)15/h5-7,9H,4,8H2,1-3H3,(H,14,15). The van der Waals surface area contributed by atoms with E-state index in [1.54, 1.807) is 12.1 Å². The lowest BCUT2D eigenvalue weighted by Crippen LogP contribution is -2.06. The highest BCUT2D eigenvalue weighted by atomic mass is 16.5. The fraction of sp³-hybridized carbons (Fsp3) is 0.462. The highest BCUT2D eigenvalue weighted by Gasteiger charge is 2.09. The molecule has 16 heavy (non-hydrogen) atoms. The molecule has 0 radical (unpaired) electrons. The average molecular weight is 222 g/mol. The highest BCUT2D eigenvalue weighted by Crippen LogP contribution is 2.19. The number of ether oxygens (including phenoxy) is 1. The van der Waals surface area contributed by atoms with Crippen molar-refractivity contribution in [3.8, 4) is 5.75 Å². The van der Waals surface area contributed by atoms with Gasteiger partial charge in [0, 0.05) is 0 Å². The Morgan fingerprint density at radius 2 is 2.12 bits per heavy atom. The van der Waals surface area contributed by atoms with Crippen molar-refractivity contribution in [2.75, 3.05) is 6.61 Å². The Kier molecular flexibility index (Phi) is 4.35. The zero-order valence-corrected chi connectivity index (χ0v) is 9.99. The van der Waals surface area contributed by atoms with Crippen molar-refractivity contribution in [1.82, 2.24) is 0 Å². The first-order valence-electron chi connectivity index (χ1n) is 5.53. The van der Waals surface area contributed by atoms with Gasteiger partial charge in [-0.15, -0.1) is 0 Å². The van der Waals surface area contributed by atoms with Gasteiger partial charge in [0.25, 0.3) is 0 Å². The van der Waals surface area contributed by atoms with Crippen LogP contribution in [0.3, 0.4) is 0 Å². The summed E-state index contributed by atoms with van der Waals surface area (Å²) in [7, 11) is 0. The molecule has 3 nitrogen and oxygen atoms in total. The molecule has 0 aliphatic heterocycles. The van der Waals surface area contributed by atoms with Gasteiger partial charge >= 0.3 is 5.97 Å². The van der Waals surface area contributed by atoms with Crippen LogP contribution in [0.2, 0.25) is 0 Å². The Balaban J connectivity index is 2.86. The van der Waals surface area contributed by atoms with Crippen molar-refractivity contribution in [3.05, 3.63) is 29.3 Å². The lowest BCUT2D eigenvalue weighted by atomic mass is 10.1. The molecule has 0 saturated carbocycles. The van der Waals surface area contributed by atoms with Crippen LogP contribution in [0.1, 0.15) is 36.7 Å². The molecule has 1 rings (SSSR count). The van der Waals surface area contributed by atoms with E-state index in [4.69, 9.17) is 9.84 Å². The molecule has 0 bridgehead atoms. The number of aromatic carboxylic acids is 1. The van der Waals surface area contributed by atoms with E-state index in [0.717, 1.165) is 11.3 Å². The maximum absolute atomic E-state index is 10.9. The number of hydrogen-bond acceptors (Lipinski definition) is 2. The number of aryl methyl sites for hydroxylation is 1. The van der Waals surface area contributed by atoms with Gasteiger partial charge in [-0.25, -0.2) is 4.79 Å². The molecular weight excluding hydrogens is 204 g/mol. The largest absolute Gasteiger partial charge is 0.493 e. The Hall–Kier alpha value is -1.51. The maximum Gasteiger partial charge on any atom is 0.335 e. The van der Waals surface area contributed by atoms with Crippen LogP contribution < -0.4 is 4.74 Å². The van der Waals surface area contributed by atoms with Gasteiger partial charge in [-0.3, -0.25) is 0 Å². The molecule has 0 amide bonds. The minimum absolute atomic E-state index is 0.361. The van der Waals surface area contributed by atoms with E-state index >= 15 is 0 Å². The second kappa shape index (κ2) is 5.54. The minimum atomic E-state index is -0.882. The van der Waals surface area contributed by atoms with Gasteiger partial charge in [0.2, 0.25) is 0 Å². The molecule has 3 heteroatoms. The molecule has 0 heterocycles. The highest BCUT2D eigenvalue weighted by molar-refractivity contribution is 5.89. The van der Waals surface area contributed by atoms with Crippen LogP contribution in [0.5, 0.6) is 5.75 Å². The first-order valence-corrected chi connectivity index (χ1v) is 5.53. The Labute approximate surface area is 96.1 Å². The van der Waals surface area contributed by atoms with Crippen molar-refractivity contribution < 1.29 is 14.6 Å². The van der Waals surface area contributed by atoms with E-state index in [0.29, 0.717) is 24.5 Å². The molecule has 1 N–H and O–H groups in total. The zero-order chi connectivity index (χ0) is 12.1. The van der Waals surface area contributed by atoms with E-state index < -0.39 is 5.97 Å². The minimum Gasteiger partial charge on any atom is -0.493 e. The maximum atomic E-state index is 10.9. The quantitative estimate of drug-likeness (QED) is 0.833. The summed E-state index contributed by atoms with van der Waals surface area (Å²) in [4.78, 5) is 10.9. The molecule has 0 aromatic heterocycles. The SMILES string of the molecule is CCc1cc(OCC(C)C)ccc1C(=O)O. The van der Waals surface area contributed by atoms with Gasteiger partial charge in [0.15, 0.2) is 0 Å². The van der Waals surface area contributed by atoms with Crippen molar-refractivity contribution in [2.45, 2.75) is 27.2 Å². The fourth-order valence-corrected chi connectivity index (χ4v) is 1.42. The number of carboxylic acids is 1. The normalized spacial score (nSPS) is 10.5. The van der Waals surface area contributed by atoms with Gasteiger partial charge < -0.3 is 9.84 Å². The Bertz CT molecular complexity index is 369. The molecule has 1 aromatic carbocycles. The summed E-state index contributed by atoms with van der Waals surface area (Å²) in [6.45, 7) is 6.74. The average Bonchev–Trinajstić information content (AvgIpc) is 2.25. The van der Waals surface area contributed by atoms with Gasteiger partial charge in [-0.2, -0.15) is 0 Å². The number of carbonyl (C=O) groups is 1. The molecule has 0 saturated heterocycles. The third-order valence-corrected chi connectivity index (χ3v) is 2.27. The predicted molar refractivity (Wildman–Crippen MR) is 63.1 cm³/mol. The number of benzene rings is 1. The first-order chi connectivity index (χ1) is 7.54. The van der Waals surface area contributed by atoms with Crippen LogP contribution in [0.15, 0.2) is 18.2 Å². The van der Waals surface area contributed by atoms with Gasteiger partial charge in [-0.1, -0.05) is 20.8 Å². The lowest BCUT2D eigenvalue weighted by molar-refractivity contribution is 0.0695. The molecule has 0 spiro atoms. The van der Waals surface area contributed by atoms with E-state index in [1.165, 1.54) is 0 Å². The lowest BCUT2D eigenvalue weighted by Gasteiger charge is -2.11. The zero-order valence-electron chi connectivity index (χ0n) is 9.99. The molecule has 0 fully saturated rings. The van der Waals surface area contributed by atoms with Gasteiger partial charge in [0.1, 0.15) is 5.75 Å².